The summed E-state index contributed by atoms with van der Waals surface area (Å²) in [7, 11) is 0. The second kappa shape index (κ2) is 9.74. The largest absolute Gasteiger partial charge is 0.441 e. The van der Waals surface area contributed by atoms with E-state index >= 15 is 0 Å². The van der Waals surface area contributed by atoms with Crippen LogP contribution in [0.4, 0.5) is 20.7 Å². The zero-order chi connectivity index (χ0) is 22.8. The molecule has 1 aliphatic carbocycles. The molecule has 34 heavy (non-hydrogen) atoms. The van der Waals surface area contributed by atoms with Crippen LogP contribution in [0.5, 0.6) is 0 Å². The van der Waals surface area contributed by atoms with E-state index in [1.165, 1.54) is 10.7 Å². The second-order valence-electron chi connectivity index (χ2n) is 8.72. The predicted octanol–water partition coefficient (Wildman–Crippen LogP) is 5.30. The summed E-state index contributed by atoms with van der Waals surface area (Å²) in [4.78, 5) is 14.2. The molecule has 0 atom stereocenters. The molecule has 0 bridgehead atoms. The van der Waals surface area contributed by atoms with Crippen molar-refractivity contribution in [3.05, 3.63) is 72.2 Å². The Morgan fingerprint density at radius 1 is 1.15 bits per heavy atom. The minimum Gasteiger partial charge on any atom is -0.441 e. The van der Waals surface area contributed by atoms with Crippen molar-refractivity contribution in [1.82, 2.24) is 9.78 Å². The lowest BCUT2D eigenvalue weighted by molar-refractivity contribution is 0.0148. The molecule has 3 aromatic rings. The fraction of sp³-hybridized carbons (Fsp3) is 0.320. The molecular weight excluding hydrogens is 457 g/mol. The number of aromatic nitrogens is 2. The first kappa shape index (κ1) is 23.6. The van der Waals surface area contributed by atoms with Gasteiger partial charge in [-0.25, -0.2) is 13.9 Å². The Balaban J connectivity index is 0.00000274. The van der Waals surface area contributed by atoms with Gasteiger partial charge in [-0.15, -0.1) is 12.4 Å². The normalized spacial score (nSPS) is 21.6. The van der Waals surface area contributed by atoms with Crippen molar-refractivity contribution in [2.45, 2.75) is 31.3 Å². The highest BCUT2D eigenvalue weighted by molar-refractivity contribution is 5.90. The summed E-state index contributed by atoms with van der Waals surface area (Å²) in [5.74, 6) is 0.834. The average molecular weight is 482 g/mol. The minimum absolute atomic E-state index is 0. The number of nitrogens with zero attached hydrogens (tertiary/aromatic N) is 4. The highest BCUT2D eigenvalue weighted by Gasteiger charge is 2.47. The number of hydrogen-bond donors (Lipinski definition) is 1. The molecule has 2 aliphatic rings. The molecule has 1 amide bonds. The number of para-hydroxylation sites is 1. The summed E-state index contributed by atoms with van der Waals surface area (Å²) in [6.45, 7) is 1.29. The van der Waals surface area contributed by atoms with Gasteiger partial charge in [-0.3, -0.25) is 4.90 Å². The highest BCUT2D eigenvalue weighted by atomic mass is 35.5. The number of anilines is 2. The fourth-order valence-corrected chi connectivity index (χ4v) is 4.64. The zero-order valence-electron chi connectivity index (χ0n) is 18.5. The van der Waals surface area contributed by atoms with E-state index in [1.807, 2.05) is 6.07 Å². The van der Waals surface area contributed by atoms with Gasteiger partial charge < -0.3 is 10.1 Å². The van der Waals surface area contributed by atoms with Gasteiger partial charge in [-0.05, 0) is 68.0 Å². The molecular formula is C25H25ClFN5O2. The van der Waals surface area contributed by atoms with E-state index in [-0.39, 0.29) is 24.3 Å². The number of benzene rings is 2. The molecule has 2 heterocycles. The number of amides is 1. The highest BCUT2D eigenvalue weighted by Crippen LogP contribution is 2.40. The number of carbonyl (C=O) groups is 1. The molecule has 1 aliphatic heterocycles. The molecule has 1 N–H and O–H groups in total. The summed E-state index contributed by atoms with van der Waals surface area (Å²) in [6, 6.07) is 17.5. The monoisotopic (exact) mass is 481 g/mol. The molecule has 7 nitrogen and oxygen atoms in total. The minimum atomic E-state index is -0.450. The van der Waals surface area contributed by atoms with E-state index in [2.05, 4.69) is 16.5 Å². The molecule has 0 radical (unpaired) electrons. The number of ether oxygens (including phenoxy) is 1. The third-order valence-electron chi connectivity index (χ3n) is 6.56. The summed E-state index contributed by atoms with van der Waals surface area (Å²) in [6.07, 6.45) is 4.91. The van der Waals surface area contributed by atoms with Gasteiger partial charge in [0.05, 0.1) is 18.2 Å². The Morgan fingerprint density at radius 2 is 1.88 bits per heavy atom. The lowest BCUT2D eigenvalue weighted by atomic mass is 9.78. The van der Waals surface area contributed by atoms with Crippen LogP contribution in [0.2, 0.25) is 0 Å². The van der Waals surface area contributed by atoms with Crippen LogP contribution in [-0.2, 0) is 4.74 Å². The summed E-state index contributed by atoms with van der Waals surface area (Å²) < 4.78 is 21.3. The number of halogens is 2. The van der Waals surface area contributed by atoms with Crippen molar-refractivity contribution in [3.8, 4) is 11.8 Å². The quantitative estimate of drug-likeness (QED) is 0.534. The van der Waals surface area contributed by atoms with Crippen molar-refractivity contribution in [2.75, 3.05) is 23.3 Å². The maximum Gasteiger partial charge on any atom is 0.415 e. The van der Waals surface area contributed by atoms with E-state index in [0.717, 1.165) is 37.9 Å². The Morgan fingerprint density at radius 3 is 2.59 bits per heavy atom. The van der Waals surface area contributed by atoms with E-state index in [0.29, 0.717) is 29.5 Å². The van der Waals surface area contributed by atoms with Crippen LogP contribution in [0.1, 0.15) is 31.2 Å². The van der Waals surface area contributed by atoms with Crippen molar-refractivity contribution in [1.29, 1.82) is 5.26 Å². The van der Waals surface area contributed by atoms with E-state index in [1.54, 1.807) is 53.6 Å². The van der Waals surface area contributed by atoms with Gasteiger partial charge in [0.2, 0.25) is 0 Å². The van der Waals surface area contributed by atoms with Gasteiger partial charge in [-0.1, -0.05) is 12.1 Å². The SMILES string of the molecule is Cl.N#Cc1ccc(N2C[C@]3(CC[C@@H](CNc4ccn(-c5ccccc5F)n4)CC3)OC2=O)cc1. The first-order valence-corrected chi connectivity index (χ1v) is 11.1. The molecule has 1 aromatic heterocycles. The maximum atomic E-state index is 14.0. The average Bonchev–Trinajstić information content (AvgIpc) is 3.44. The van der Waals surface area contributed by atoms with Crippen LogP contribution < -0.4 is 10.2 Å². The standard InChI is InChI=1S/C25H24FN5O2.ClH/c26-21-3-1-2-4-22(21)31-14-11-23(29-31)28-16-19-9-12-25(13-10-19)17-30(24(32)33-25)20-7-5-18(15-27)6-8-20;/h1-8,11,14,19H,9-10,12-13,16-17H2,(H,28,29);1H/t19-,25-;. The van der Waals surface area contributed by atoms with Crippen LogP contribution >= 0.6 is 12.4 Å². The van der Waals surface area contributed by atoms with E-state index in [4.69, 9.17) is 10.00 Å². The van der Waals surface area contributed by atoms with Crippen LogP contribution in [0.3, 0.4) is 0 Å². The molecule has 9 heteroatoms. The molecule has 1 saturated carbocycles. The zero-order valence-corrected chi connectivity index (χ0v) is 19.3. The van der Waals surface area contributed by atoms with E-state index in [9.17, 15) is 9.18 Å². The molecule has 176 valence electrons. The van der Waals surface area contributed by atoms with E-state index < -0.39 is 5.60 Å². The molecule has 1 spiro atoms. The first-order valence-electron chi connectivity index (χ1n) is 11.1. The van der Waals surface area contributed by atoms with Crippen molar-refractivity contribution in [3.63, 3.8) is 0 Å². The Hall–Kier alpha value is -3.57. The smallest absolute Gasteiger partial charge is 0.415 e. The summed E-state index contributed by atoms with van der Waals surface area (Å²) in [5.41, 5.74) is 1.28. The summed E-state index contributed by atoms with van der Waals surface area (Å²) >= 11 is 0. The molecule has 1 saturated heterocycles. The van der Waals surface area contributed by atoms with Crippen LogP contribution in [0, 0.1) is 23.1 Å². The van der Waals surface area contributed by atoms with Gasteiger partial charge in [0.1, 0.15) is 22.9 Å². The predicted molar refractivity (Wildman–Crippen MR) is 129 cm³/mol. The maximum absolute atomic E-state index is 14.0. The molecule has 2 aromatic carbocycles. The van der Waals surface area contributed by atoms with Crippen LogP contribution in [0.15, 0.2) is 60.8 Å². The topological polar surface area (TPSA) is 83.2 Å². The second-order valence-corrected chi connectivity index (χ2v) is 8.72. The molecule has 2 fully saturated rings. The first-order chi connectivity index (χ1) is 16.0. The van der Waals surface area contributed by atoms with Crippen molar-refractivity contribution >= 4 is 30.0 Å². The fourth-order valence-electron chi connectivity index (χ4n) is 4.64. The molecule has 5 rings (SSSR count). The Bertz CT molecular complexity index is 1200. The Labute approximate surface area is 203 Å². The number of carbonyl (C=O) groups excluding carboxylic acids is 1. The number of nitrogens with one attached hydrogen (secondary N) is 1. The van der Waals surface area contributed by atoms with Crippen molar-refractivity contribution in [2.24, 2.45) is 5.92 Å². The summed E-state index contributed by atoms with van der Waals surface area (Å²) in [5, 5.41) is 16.8. The number of rotatable bonds is 5. The van der Waals surface area contributed by atoms with Gasteiger partial charge in [0.25, 0.3) is 0 Å². The van der Waals surface area contributed by atoms with Gasteiger partial charge in [-0.2, -0.15) is 10.4 Å². The lowest BCUT2D eigenvalue weighted by Crippen LogP contribution is -2.39. The van der Waals surface area contributed by atoms with Gasteiger partial charge in [0, 0.05) is 24.5 Å². The third kappa shape index (κ3) is 4.70. The number of hydrogen-bond acceptors (Lipinski definition) is 5. The number of nitriles is 1. The van der Waals surface area contributed by atoms with Gasteiger partial charge in [0.15, 0.2) is 0 Å². The molecule has 0 unspecified atom stereocenters. The van der Waals surface area contributed by atoms with Crippen LogP contribution in [0.25, 0.3) is 5.69 Å². The third-order valence-corrected chi connectivity index (χ3v) is 6.56. The van der Waals surface area contributed by atoms with Crippen LogP contribution in [-0.4, -0.2) is 34.6 Å². The Kier molecular flexibility index (Phi) is 6.75. The lowest BCUT2D eigenvalue weighted by Gasteiger charge is -2.35. The van der Waals surface area contributed by atoms with Gasteiger partial charge >= 0.3 is 6.09 Å². The van der Waals surface area contributed by atoms with Crippen molar-refractivity contribution < 1.29 is 13.9 Å².